The Balaban J connectivity index is 1.94. The van der Waals surface area contributed by atoms with Gasteiger partial charge in [0.15, 0.2) is 0 Å². The van der Waals surface area contributed by atoms with Crippen molar-refractivity contribution in [3.8, 4) is 0 Å². The van der Waals surface area contributed by atoms with Gasteiger partial charge in [-0.05, 0) is 43.0 Å². The van der Waals surface area contributed by atoms with Crippen molar-refractivity contribution in [2.75, 3.05) is 6.54 Å². The molecule has 1 atom stereocenters. The molecule has 7 heteroatoms. The number of halogens is 1. The van der Waals surface area contributed by atoms with Gasteiger partial charge in [0.1, 0.15) is 0 Å². The minimum absolute atomic E-state index is 0.349. The van der Waals surface area contributed by atoms with Crippen LogP contribution in [0.5, 0.6) is 0 Å². The van der Waals surface area contributed by atoms with Crippen LogP contribution in [0.4, 0.5) is 4.79 Å². The number of benzene rings is 1. The number of fused-ring (bicyclic) bond motifs is 3. The van der Waals surface area contributed by atoms with Gasteiger partial charge < -0.3 is 15.8 Å². The number of rotatable bonds is 2. The van der Waals surface area contributed by atoms with Crippen LogP contribution in [0.2, 0.25) is 5.02 Å². The first-order valence-electron chi connectivity index (χ1n) is 8.03. The molecule has 1 aliphatic carbocycles. The molecule has 1 unspecified atom stereocenters. The van der Waals surface area contributed by atoms with Crippen LogP contribution < -0.4 is 5.73 Å². The first kappa shape index (κ1) is 15.3. The maximum absolute atomic E-state index is 12.2. The van der Waals surface area contributed by atoms with E-state index in [1.807, 2.05) is 12.1 Å². The molecular weight excluding hydrogens is 330 g/mol. The van der Waals surface area contributed by atoms with Crippen molar-refractivity contribution in [3.05, 3.63) is 34.5 Å². The SMILES string of the molecule is NC(=O)C1(C2c3[nH]c4ccc(Cl)cc4c3CCN2C(=O)O)CCC1. The largest absolute Gasteiger partial charge is 0.465 e. The van der Waals surface area contributed by atoms with Gasteiger partial charge in [-0.1, -0.05) is 18.0 Å². The molecular formula is C17H18ClN3O3. The lowest BCUT2D eigenvalue weighted by Gasteiger charge is -2.50. The molecule has 4 rings (SSSR count). The van der Waals surface area contributed by atoms with Gasteiger partial charge in [-0.15, -0.1) is 0 Å². The first-order valence-corrected chi connectivity index (χ1v) is 8.41. The maximum Gasteiger partial charge on any atom is 0.407 e. The van der Waals surface area contributed by atoms with Crippen molar-refractivity contribution in [1.29, 1.82) is 0 Å². The molecule has 0 saturated heterocycles. The zero-order valence-electron chi connectivity index (χ0n) is 13.0. The zero-order chi connectivity index (χ0) is 17.1. The first-order chi connectivity index (χ1) is 11.4. The lowest BCUT2D eigenvalue weighted by Crippen LogP contribution is -2.55. The lowest BCUT2D eigenvalue weighted by atomic mass is 9.61. The molecule has 0 radical (unpaired) electrons. The Morgan fingerprint density at radius 2 is 2.12 bits per heavy atom. The summed E-state index contributed by atoms with van der Waals surface area (Å²) in [6.07, 6.45) is 1.69. The second kappa shape index (κ2) is 5.14. The molecule has 2 aliphatic rings. The number of carboxylic acid groups (broad SMARTS) is 1. The molecule has 6 nitrogen and oxygen atoms in total. The number of hydrogen-bond donors (Lipinski definition) is 3. The zero-order valence-corrected chi connectivity index (χ0v) is 13.8. The van der Waals surface area contributed by atoms with Gasteiger partial charge in [-0.25, -0.2) is 4.79 Å². The summed E-state index contributed by atoms with van der Waals surface area (Å²) >= 11 is 6.12. The normalized spacial score (nSPS) is 22.0. The number of carbonyl (C=O) groups excluding carboxylic acids is 1. The summed E-state index contributed by atoms with van der Waals surface area (Å²) in [6, 6.07) is 5.01. The van der Waals surface area contributed by atoms with Gasteiger partial charge in [0.05, 0.1) is 11.5 Å². The second-order valence-electron chi connectivity index (χ2n) is 6.71. The second-order valence-corrected chi connectivity index (χ2v) is 7.15. The smallest absolute Gasteiger partial charge is 0.407 e. The van der Waals surface area contributed by atoms with Crippen LogP contribution in [0.25, 0.3) is 10.9 Å². The molecule has 1 saturated carbocycles. The van der Waals surface area contributed by atoms with Gasteiger partial charge in [-0.2, -0.15) is 0 Å². The fourth-order valence-corrected chi connectivity index (χ4v) is 4.43. The summed E-state index contributed by atoms with van der Waals surface area (Å²) in [5, 5.41) is 11.3. The Labute approximate surface area is 143 Å². The number of amides is 2. The Morgan fingerprint density at radius 1 is 1.38 bits per heavy atom. The molecule has 1 fully saturated rings. The highest BCUT2D eigenvalue weighted by molar-refractivity contribution is 6.31. The number of primary amides is 1. The van der Waals surface area contributed by atoms with Crippen molar-refractivity contribution in [1.82, 2.24) is 9.88 Å². The van der Waals surface area contributed by atoms with Gasteiger partial charge in [0.25, 0.3) is 0 Å². The highest BCUT2D eigenvalue weighted by Crippen LogP contribution is 2.55. The molecule has 4 N–H and O–H groups in total. The molecule has 0 spiro atoms. The summed E-state index contributed by atoms with van der Waals surface area (Å²) in [4.78, 5) is 28.7. The lowest BCUT2D eigenvalue weighted by molar-refractivity contribution is -0.139. The summed E-state index contributed by atoms with van der Waals surface area (Å²) in [6.45, 7) is 0.349. The van der Waals surface area contributed by atoms with E-state index in [-0.39, 0.29) is 0 Å². The van der Waals surface area contributed by atoms with Crippen LogP contribution in [-0.2, 0) is 11.2 Å². The third-order valence-electron chi connectivity index (χ3n) is 5.59. The molecule has 126 valence electrons. The third kappa shape index (κ3) is 1.95. The number of aromatic nitrogens is 1. The minimum atomic E-state index is -1.02. The Hall–Kier alpha value is -2.21. The van der Waals surface area contributed by atoms with E-state index in [1.165, 1.54) is 4.90 Å². The number of carbonyl (C=O) groups is 2. The number of nitrogens with zero attached hydrogens (tertiary/aromatic N) is 1. The van der Waals surface area contributed by atoms with Gasteiger partial charge in [-0.3, -0.25) is 9.69 Å². The van der Waals surface area contributed by atoms with E-state index in [0.29, 0.717) is 30.8 Å². The van der Waals surface area contributed by atoms with E-state index >= 15 is 0 Å². The van der Waals surface area contributed by atoms with Crippen molar-refractivity contribution in [2.45, 2.75) is 31.7 Å². The molecule has 2 heterocycles. The fraction of sp³-hybridized carbons (Fsp3) is 0.412. The number of hydrogen-bond acceptors (Lipinski definition) is 2. The number of nitrogens with two attached hydrogens (primary N) is 1. The van der Waals surface area contributed by atoms with Crippen LogP contribution in [0.3, 0.4) is 0 Å². The van der Waals surface area contributed by atoms with Crippen LogP contribution in [0, 0.1) is 5.41 Å². The topological polar surface area (TPSA) is 99.4 Å². The molecule has 1 aromatic heterocycles. The molecule has 0 bridgehead atoms. The quantitative estimate of drug-likeness (QED) is 0.778. The van der Waals surface area contributed by atoms with Crippen molar-refractivity contribution >= 4 is 34.5 Å². The monoisotopic (exact) mass is 347 g/mol. The van der Waals surface area contributed by atoms with Crippen LogP contribution >= 0.6 is 11.6 Å². The van der Waals surface area contributed by atoms with E-state index < -0.39 is 23.5 Å². The van der Waals surface area contributed by atoms with Crippen LogP contribution in [-0.4, -0.2) is 33.5 Å². The van der Waals surface area contributed by atoms with Crippen LogP contribution in [0.15, 0.2) is 18.2 Å². The maximum atomic E-state index is 12.2. The Kier molecular flexibility index (Phi) is 3.28. The van der Waals surface area contributed by atoms with E-state index in [2.05, 4.69) is 4.98 Å². The molecule has 1 aliphatic heterocycles. The van der Waals surface area contributed by atoms with Gasteiger partial charge in [0, 0.05) is 28.2 Å². The van der Waals surface area contributed by atoms with E-state index in [9.17, 15) is 14.7 Å². The van der Waals surface area contributed by atoms with Crippen molar-refractivity contribution in [2.24, 2.45) is 11.1 Å². The predicted molar refractivity (Wildman–Crippen MR) is 90.0 cm³/mol. The summed E-state index contributed by atoms with van der Waals surface area (Å²) in [7, 11) is 0. The van der Waals surface area contributed by atoms with Crippen LogP contribution in [0.1, 0.15) is 36.6 Å². The molecule has 2 aromatic rings. The Morgan fingerprint density at radius 3 is 2.71 bits per heavy atom. The summed E-state index contributed by atoms with van der Waals surface area (Å²) < 4.78 is 0. The number of H-pyrrole nitrogens is 1. The standard InChI is InChI=1S/C17H18ClN3O3/c18-9-2-3-12-11(8-9)10-4-7-21(16(23)24)14(13(10)20-12)17(15(19)22)5-1-6-17/h2-3,8,14,20H,1,4-7H2,(H2,19,22)(H,23,24). The highest BCUT2D eigenvalue weighted by atomic mass is 35.5. The van der Waals surface area contributed by atoms with E-state index in [4.69, 9.17) is 17.3 Å². The fourth-order valence-electron chi connectivity index (χ4n) is 4.25. The van der Waals surface area contributed by atoms with E-state index in [1.54, 1.807) is 6.07 Å². The number of nitrogens with one attached hydrogen (secondary N) is 1. The summed E-state index contributed by atoms with van der Waals surface area (Å²) in [5.41, 5.74) is 7.63. The van der Waals surface area contributed by atoms with Gasteiger partial charge in [0.2, 0.25) is 5.91 Å². The average Bonchev–Trinajstić information content (AvgIpc) is 2.83. The highest BCUT2D eigenvalue weighted by Gasteiger charge is 2.55. The van der Waals surface area contributed by atoms with Gasteiger partial charge >= 0.3 is 6.09 Å². The summed E-state index contributed by atoms with van der Waals surface area (Å²) in [5.74, 6) is -0.422. The predicted octanol–water partition coefficient (Wildman–Crippen LogP) is 3.05. The average molecular weight is 348 g/mol. The minimum Gasteiger partial charge on any atom is -0.465 e. The molecule has 24 heavy (non-hydrogen) atoms. The number of aromatic amines is 1. The van der Waals surface area contributed by atoms with E-state index in [0.717, 1.165) is 28.6 Å². The molecule has 2 amide bonds. The molecule has 1 aromatic carbocycles. The van der Waals surface area contributed by atoms with Crippen molar-refractivity contribution < 1.29 is 14.7 Å². The van der Waals surface area contributed by atoms with Crippen molar-refractivity contribution in [3.63, 3.8) is 0 Å². The Bertz CT molecular complexity index is 856. The third-order valence-corrected chi connectivity index (χ3v) is 5.83.